The van der Waals surface area contributed by atoms with Gasteiger partial charge in [-0.2, -0.15) is 0 Å². The molecular formula is C16H17NO2. The van der Waals surface area contributed by atoms with Gasteiger partial charge in [-0.3, -0.25) is 0 Å². The maximum Gasteiger partial charge on any atom is 0.130 e. The summed E-state index contributed by atoms with van der Waals surface area (Å²) in [7, 11) is 3.36. The van der Waals surface area contributed by atoms with Crippen LogP contribution in [0, 0.1) is 0 Å². The summed E-state index contributed by atoms with van der Waals surface area (Å²) in [6.45, 7) is 1.00. The molecule has 1 aliphatic heterocycles. The third-order valence-corrected chi connectivity index (χ3v) is 3.57. The van der Waals surface area contributed by atoms with Gasteiger partial charge in [0, 0.05) is 23.9 Å². The summed E-state index contributed by atoms with van der Waals surface area (Å²) in [4.78, 5) is 0. The minimum absolute atomic E-state index is 0.811. The molecule has 1 N–H and O–H groups in total. The monoisotopic (exact) mass is 255 g/mol. The first-order valence-electron chi connectivity index (χ1n) is 6.41. The van der Waals surface area contributed by atoms with E-state index in [9.17, 15) is 0 Å². The van der Waals surface area contributed by atoms with Crippen LogP contribution in [0.3, 0.4) is 0 Å². The Kier molecular flexibility index (Phi) is 3.03. The molecule has 3 rings (SSSR count). The van der Waals surface area contributed by atoms with E-state index < -0.39 is 0 Å². The summed E-state index contributed by atoms with van der Waals surface area (Å²) in [5, 5.41) is 3.40. The van der Waals surface area contributed by atoms with Crippen molar-refractivity contribution < 1.29 is 9.47 Å². The minimum Gasteiger partial charge on any atom is -0.497 e. The van der Waals surface area contributed by atoms with Gasteiger partial charge in [0.1, 0.15) is 11.5 Å². The zero-order valence-corrected chi connectivity index (χ0v) is 11.2. The number of hydrogen-bond acceptors (Lipinski definition) is 3. The Hall–Kier alpha value is -2.16. The van der Waals surface area contributed by atoms with Crippen LogP contribution in [-0.2, 0) is 6.42 Å². The zero-order chi connectivity index (χ0) is 13.2. The maximum absolute atomic E-state index is 5.50. The van der Waals surface area contributed by atoms with Crippen LogP contribution >= 0.6 is 0 Å². The van der Waals surface area contributed by atoms with E-state index >= 15 is 0 Å². The quantitative estimate of drug-likeness (QED) is 0.912. The Bertz CT molecular complexity index is 608. The van der Waals surface area contributed by atoms with Crippen molar-refractivity contribution in [3.63, 3.8) is 0 Å². The lowest BCUT2D eigenvalue weighted by molar-refractivity contribution is 0.395. The lowest BCUT2D eigenvalue weighted by Gasteiger charge is -2.13. The molecule has 0 amide bonds. The number of benzene rings is 2. The molecule has 0 aliphatic carbocycles. The molecule has 1 heterocycles. The zero-order valence-electron chi connectivity index (χ0n) is 11.2. The summed E-state index contributed by atoms with van der Waals surface area (Å²) in [6.07, 6.45) is 1.06. The largest absolute Gasteiger partial charge is 0.497 e. The summed E-state index contributed by atoms with van der Waals surface area (Å²) >= 11 is 0. The number of methoxy groups -OCH3 is 2. The van der Waals surface area contributed by atoms with Gasteiger partial charge in [-0.1, -0.05) is 12.1 Å². The number of hydrogen-bond donors (Lipinski definition) is 1. The molecule has 0 bridgehead atoms. The molecule has 98 valence electrons. The third-order valence-electron chi connectivity index (χ3n) is 3.57. The van der Waals surface area contributed by atoms with Crippen molar-refractivity contribution in [2.24, 2.45) is 0 Å². The second-order valence-electron chi connectivity index (χ2n) is 4.57. The summed E-state index contributed by atoms with van der Waals surface area (Å²) < 4.78 is 10.7. The van der Waals surface area contributed by atoms with Crippen molar-refractivity contribution >= 4 is 5.69 Å². The topological polar surface area (TPSA) is 30.5 Å². The first kappa shape index (κ1) is 11.9. The average molecular weight is 255 g/mol. The van der Waals surface area contributed by atoms with Gasteiger partial charge in [-0.25, -0.2) is 0 Å². The first-order valence-corrected chi connectivity index (χ1v) is 6.41. The van der Waals surface area contributed by atoms with Gasteiger partial charge < -0.3 is 14.8 Å². The van der Waals surface area contributed by atoms with Gasteiger partial charge in [0.2, 0.25) is 0 Å². The van der Waals surface area contributed by atoms with Crippen molar-refractivity contribution in [2.45, 2.75) is 6.42 Å². The van der Waals surface area contributed by atoms with Crippen LogP contribution in [0.4, 0.5) is 5.69 Å². The lowest BCUT2D eigenvalue weighted by atomic mass is 9.97. The highest BCUT2D eigenvalue weighted by molar-refractivity contribution is 5.80. The molecule has 0 unspecified atom stereocenters. The fraction of sp³-hybridized carbons (Fsp3) is 0.250. The van der Waals surface area contributed by atoms with Crippen LogP contribution in [0.15, 0.2) is 36.4 Å². The molecule has 0 saturated heterocycles. The van der Waals surface area contributed by atoms with E-state index in [1.54, 1.807) is 14.2 Å². The predicted octanol–water partition coefficient (Wildman–Crippen LogP) is 3.34. The van der Waals surface area contributed by atoms with Gasteiger partial charge in [0.25, 0.3) is 0 Å². The van der Waals surface area contributed by atoms with Gasteiger partial charge >= 0.3 is 0 Å². The van der Waals surface area contributed by atoms with Crippen molar-refractivity contribution in [3.8, 4) is 22.6 Å². The van der Waals surface area contributed by atoms with Crippen molar-refractivity contribution in [1.29, 1.82) is 0 Å². The highest BCUT2D eigenvalue weighted by Gasteiger charge is 2.17. The molecule has 2 aromatic rings. The molecule has 0 spiro atoms. The van der Waals surface area contributed by atoms with E-state index in [1.165, 1.54) is 16.8 Å². The smallest absolute Gasteiger partial charge is 0.130 e. The van der Waals surface area contributed by atoms with E-state index in [0.717, 1.165) is 30.0 Å². The summed E-state index contributed by atoms with van der Waals surface area (Å²) in [5.74, 6) is 1.66. The molecule has 2 aromatic carbocycles. The SMILES string of the molecule is COc1ccc(-c2cccc3c2CCN3)c(OC)c1. The second-order valence-corrected chi connectivity index (χ2v) is 4.57. The Morgan fingerprint density at radius 3 is 2.68 bits per heavy atom. The van der Waals surface area contributed by atoms with Crippen molar-refractivity contribution in [3.05, 3.63) is 42.0 Å². The number of ether oxygens (including phenoxy) is 2. The Morgan fingerprint density at radius 2 is 1.89 bits per heavy atom. The van der Waals surface area contributed by atoms with Crippen LogP contribution < -0.4 is 14.8 Å². The van der Waals surface area contributed by atoms with Crippen LogP contribution in [0.2, 0.25) is 0 Å². The van der Waals surface area contributed by atoms with Crippen molar-refractivity contribution in [1.82, 2.24) is 0 Å². The van der Waals surface area contributed by atoms with E-state index in [4.69, 9.17) is 9.47 Å². The van der Waals surface area contributed by atoms with E-state index in [-0.39, 0.29) is 0 Å². The molecule has 0 fully saturated rings. The Labute approximate surface area is 113 Å². The molecule has 1 aliphatic rings. The fourth-order valence-corrected chi connectivity index (χ4v) is 2.62. The highest BCUT2D eigenvalue weighted by Crippen LogP contribution is 2.38. The Morgan fingerprint density at radius 1 is 1.00 bits per heavy atom. The normalized spacial score (nSPS) is 12.7. The van der Waals surface area contributed by atoms with Gasteiger partial charge in [-0.05, 0) is 35.7 Å². The Balaban J connectivity index is 2.14. The predicted molar refractivity (Wildman–Crippen MR) is 77.2 cm³/mol. The van der Waals surface area contributed by atoms with E-state index in [0.29, 0.717) is 0 Å². The third kappa shape index (κ3) is 2.01. The highest BCUT2D eigenvalue weighted by atomic mass is 16.5. The molecule has 0 atom stereocenters. The second kappa shape index (κ2) is 4.84. The van der Waals surface area contributed by atoms with Gasteiger partial charge in [0.15, 0.2) is 0 Å². The van der Waals surface area contributed by atoms with Crippen LogP contribution in [0.1, 0.15) is 5.56 Å². The number of rotatable bonds is 3. The molecule has 0 radical (unpaired) electrons. The van der Waals surface area contributed by atoms with Crippen molar-refractivity contribution in [2.75, 3.05) is 26.1 Å². The van der Waals surface area contributed by atoms with Gasteiger partial charge in [0.05, 0.1) is 14.2 Å². The average Bonchev–Trinajstić information content (AvgIpc) is 2.95. The van der Waals surface area contributed by atoms with E-state index in [1.807, 2.05) is 12.1 Å². The summed E-state index contributed by atoms with van der Waals surface area (Å²) in [5.41, 5.74) is 4.95. The molecule has 0 aromatic heterocycles. The number of anilines is 1. The minimum atomic E-state index is 0.811. The molecule has 3 heteroatoms. The molecule has 0 saturated carbocycles. The lowest BCUT2D eigenvalue weighted by Crippen LogP contribution is -1.93. The summed E-state index contributed by atoms with van der Waals surface area (Å²) in [6, 6.07) is 12.3. The standard InChI is InChI=1S/C16H17NO2/c1-18-11-6-7-14(16(10-11)19-2)12-4-3-5-15-13(12)8-9-17-15/h3-7,10,17H,8-9H2,1-2H3. The van der Waals surface area contributed by atoms with Crippen LogP contribution in [0.25, 0.3) is 11.1 Å². The number of nitrogens with one attached hydrogen (secondary N) is 1. The van der Waals surface area contributed by atoms with Crippen LogP contribution in [-0.4, -0.2) is 20.8 Å². The molecular weight excluding hydrogens is 238 g/mol. The molecule has 19 heavy (non-hydrogen) atoms. The van der Waals surface area contributed by atoms with Gasteiger partial charge in [-0.15, -0.1) is 0 Å². The number of fused-ring (bicyclic) bond motifs is 1. The molecule has 3 nitrogen and oxygen atoms in total. The van der Waals surface area contributed by atoms with E-state index in [2.05, 4.69) is 29.6 Å². The first-order chi connectivity index (χ1) is 9.33. The maximum atomic E-state index is 5.50. The fourth-order valence-electron chi connectivity index (χ4n) is 2.62. The van der Waals surface area contributed by atoms with Crippen LogP contribution in [0.5, 0.6) is 11.5 Å².